The SMILES string of the molecule is COc1ccc(CN(c2ccncn2)S(=O)(=O)c2cc(Cl)c(N[C@H]3CC[C@H](c4cccc(C(F)(F)F)c4)C[C@@H]3N(C)C(=O)CN(C)C)cc2F)c(OC)c1. The van der Waals surface area contributed by atoms with Gasteiger partial charge in [0.25, 0.3) is 10.0 Å². The molecule has 1 aromatic heterocycles. The molecule has 4 aromatic rings. The Morgan fingerprint density at radius 1 is 1.02 bits per heavy atom. The predicted octanol–water partition coefficient (Wildman–Crippen LogP) is 6.84. The van der Waals surface area contributed by atoms with Crippen LogP contribution < -0.4 is 19.1 Å². The van der Waals surface area contributed by atoms with Gasteiger partial charge in [-0.2, -0.15) is 13.2 Å². The maximum absolute atomic E-state index is 16.1. The second kappa shape index (κ2) is 16.8. The Morgan fingerprint density at radius 3 is 2.43 bits per heavy atom. The maximum atomic E-state index is 16.1. The molecule has 1 N–H and O–H groups in total. The van der Waals surface area contributed by atoms with Crippen LogP contribution in [0.25, 0.3) is 0 Å². The third-order valence-electron chi connectivity index (χ3n) is 9.40. The number of anilines is 2. The number of halogens is 5. The predicted molar refractivity (Wildman–Crippen MR) is 197 cm³/mol. The minimum absolute atomic E-state index is 0.0357. The van der Waals surface area contributed by atoms with Crippen LogP contribution in [0, 0.1) is 5.82 Å². The molecule has 1 heterocycles. The van der Waals surface area contributed by atoms with Crippen molar-refractivity contribution < 1.29 is 40.2 Å². The first-order valence-electron chi connectivity index (χ1n) is 16.9. The number of rotatable bonds is 13. The lowest BCUT2D eigenvalue weighted by molar-refractivity contribution is -0.137. The molecule has 0 saturated heterocycles. The lowest BCUT2D eigenvalue weighted by Gasteiger charge is -2.42. The van der Waals surface area contributed by atoms with Crippen LogP contribution in [0.3, 0.4) is 0 Å². The van der Waals surface area contributed by atoms with Gasteiger partial charge in [-0.15, -0.1) is 0 Å². The number of carbonyl (C=O) groups is 1. The number of likely N-dealkylation sites (N-methyl/N-ethyl adjacent to an activating group) is 2. The van der Waals surface area contributed by atoms with E-state index in [0.29, 0.717) is 41.9 Å². The number of aromatic nitrogens is 2. The highest BCUT2D eigenvalue weighted by Crippen LogP contribution is 2.40. The van der Waals surface area contributed by atoms with Crippen molar-refractivity contribution in [1.82, 2.24) is 19.8 Å². The van der Waals surface area contributed by atoms with E-state index >= 15 is 4.39 Å². The van der Waals surface area contributed by atoms with E-state index in [-0.39, 0.29) is 41.4 Å². The number of sulfonamides is 1. The van der Waals surface area contributed by atoms with Gasteiger partial charge in [-0.1, -0.05) is 29.8 Å². The summed E-state index contributed by atoms with van der Waals surface area (Å²) in [6.07, 6.45) is -0.844. The Balaban J connectivity index is 1.47. The third-order valence-corrected chi connectivity index (χ3v) is 11.5. The Labute approximate surface area is 316 Å². The number of benzene rings is 3. The van der Waals surface area contributed by atoms with Gasteiger partial charge in [-0.25, -0.2) is 27.1 Å². The average molecular weight is 793 g/mol. The summed E-state index contributed by atoms with van der Waals surface area (Å²) in [7, 11) is 3.34. The molecule has 11 nitrogen and oxygen atoms in total. The summed E-state index contributed by atoms with van der Waals surface area (Å²) in [5, 5.41) is 3.11. The highest BCUT2D eigenvalue weighted by Gasteiger charge is 2.38. The van der Waals surface area contributed by atoms with Crippen molar-refractivity contribution in [2.45, 2.75) is 54.9 Å². The first-order valence-corrected chi connectivity index (χ1v) is 18.7. The van der Waals surface area contributed by atoms with E-state index in [0.717, 1.165) is 34.9 Å². The first kappa shape index (κ1) is 40.5. The van der Waals surface area contributed by atoms with E-state index in [1.807, 2.05) is 0 Å². The molecule has 17 heteroatoms. The molecular weight excluding hydrogens is 752 g/mol. The van der Waals surface area contributed by atoms with Crippen LogP contribution in [0.2, 0.25) is 5.02 Å². The first-order chi connectivity index (χ1) is 25.5. The third kappa shape index (κ3) is 9.16. The molecule has 3 aromatic carbocycles. The summed E-state index contributed by atoms with van der Waals surface area (Å²) in [5.41, 5.74) is 0.262. The molecule has 54 heavy (non-hydrogen) atoms. The van der Waals surface area contributed by atoms with Gasteiger partial charge >= 0.3 is 6.18 Å². The van der Waals surface area contributed by atoms with Gasteiger partial charge in [0, 0.05) is 37.0 Å². The smallest absolute Gasteiger partial charge is 0.416 e. The Morgan fingerprint density at radius 2 is 1.78 bits per heavy atom. The van der Waals surface area contributed by atoms with Crippen molar-refractivity contribution in [2.24, 2.45) is 0 Å². The van der Waals surface area contributed by atoms with Crippen molar-refractivity contribution in [3.63, 3.8) is 0 Å². The van der Waals surface area contributed by atoms with E-state index in [4.69, 9.17) is 21.1 Å². The number of hydrogen-bond acceptors (Lipinski definition) is 9. The Bertz CT molecular complexity index is 2060. The van der Waals surface area contributed by atoms with Gasteiger partial charge in [0.05, 0.1) is 49.6 Å². The maximum Gasteiger partial charge on any atom is 0.416 e. The molecule has 0 spiro atoms. The average Bonchev–Trinajstić information content (AvgIpc) is 3.14. The van der Waals surface area contributed by atoms with Crippen LogP contribution >= 0.6 is 11.6 Å². The summed E-state index contributed by atoms with van der Waals surface area (Å²) in [6, 6.07) is 12.3. The number of hydrogen-bond donors (Lipinski definition) is 1. The van der Waals surface area contributed by atoms with Gasteiger partial charge in [0.15, 0.2) is 0 Å². The van der Waals surface area contributed by atoms with Crippen molar-refractivity contribution >= 4 is 39.0 Å². The van der Waals surface area contributed by atoms with Crippen LogP contribution in [-0.4, -0.2) is 88.1 Å². The molecule has 5 rings (SSSR count). The summed E-state index contributed by atoms with van der Waals surface area (Å²) in [6.45, 7) is -0.213. The molecule has 3 atom stereocenters. The van der Waals surface area contributed by atoms with E-state index in [2.05, 4.69) is 15.3 Å². The van der Waals surface area contributed by atoms with E-state index in [1.54, 1.807) is 55.2 Å². The van der Waals surface area contributed by atoms with E-state index < -0.39 is 44.6 Å². The second-order valence-corrected chi connectivity index (χ2v) is 15.5. The van der Waals surface area contributed by atoms with Crippen LogP contribution in [0.15, 0.2) is 78.1 Å². The van der Waals surface area contributed by atoms with Gasteiger partial charge in [0.2, 0.25) is 5.91 Å². The number of nitrogens with zero attached hydrogens (tertiary/aromatic N) is 5. The molecule has 1 aliphatic carbocycles. The number of alkyl halides is 3. The lowest BCUT2D eigenvalue weighted by Crippen LogP contribution is -2.52. The van der Waals surface area contributed by atoms with Crippen molar-refractivity contribution in [3.8, 4) is 11.5 Å². The quantitative estimate of drug-likeness (QED) is 0.145. The normalized spacial score (nSPS) is 17.6. The second-order valence-electron chi connectivity index (χ2n) is 13.2. The van der Waals surface area contributed by atoms with Crippen LogP contribution in [0.4, 0.5) is 29.1 Å². The number of methoxy groups -OCH3 is 2. The lowest BCUT2D eigenvalue weighted by atomic mass is 9.77. The molecular formula is C37H41ClF4N6O5S. The molecule has 1 fully saturated rings. The largest absolute Gasteiger partial charge is 0.497 e. The fourth-order valence-electron chi connectivity index (χ4n) is 6.59. The molecule has 290 valence electrons. The van der Waals surface area contributed by atoms with Gasteiger partial charge in [0.1, 0.15) is 34.4 Å². The molecule has 1 saturated carbocycles. The number of amides is 1. The summed E-state index contributed by atoms with van der Waals surface area (Å²) in [5.74, 6) is -0.860. The minimum Gasteiger partial charge on any atom is -0.497 e. The highest BCUT2D eigenvalue weighted by atomic mass is 35.5. The molecule has 0 bridgehead atoms. The summed E-state index contributed by atoms with van der Waals surface area (Å²) < 4.78 is 97.0. The Kier molecular flexibility index (Phi) is 12.6. The zero-order valence-corrected chi connectivity index (χ0v) is 31.8. The van der Waals surface area contributed by atoms with Crippen LogP contribution in [-0.2, 0) is 27.5 Å². The van der Waals surface area contributed by atoms with Crippen LogP contribution in [0.5, 0.6) is 11.5 Å². The standard InChI is InChI=1S/C37H41ClF4N6O5S/c1-46(2)21-36(49)47(3)32-16-24(23-7-6-8-26(15-23)37(40,41)42)10-12-30(32)45-31-19-29(39)34(18-28(31)38)54(50,51)48(35-13-14-43-22-44-35)20-25-9-11-27(52-4)17-33(25)53-5/h6-9,11,13-15,17-19,22,24,30,32,45H,10,12,16,20-21H2,1-5H3/t24-,30-,32-/m0/s1. The van der Waals surface area contributed by atoms with E-state index in [1.165, 1.54) is 32.5 Å². The molecule has 1 aliphatic rings. The van der Waals surface area contributed by atoms with Crippen molar-refractivity contribution in [3.05, 3.63) is 101 Å². The number of carbonyl (C=O) groups excluding carboxylic acids is 1. The molecule has 1 amide bonds. The van der Waals surface area contributed by atoms with Crippen LogP contribution in [0.1, 0.15) is 41.9 Å². The summed E-state index contributed by atoms with van der Waals surface area (Å²) in [4.78, 5) is 23.8. The topological polar surface area (TPSA) is 117 Å². The number of nitrogens with one attached hydrogen (secondary N) is 1. The fraction of sp³-hybridized carbons (Fsp3) is 0.378. The fourth-order valence-corrected chi connectivity index (χ4v) is 8.35. The number of ether oxygens (including phenoxy) is 2. The van der Waals surface area contributed by atoms with E-state index in [9.17, 15) is 26.4 Å². The van der Waals surface area contributed by atoms with Gasteiger partial charge in [-0.3, -0.25) is 4.79 Å². The molecule has 0 aliphatic heterocycles. The zero-order chi connectivity index (χ0) is 39.4. The summed E-state index contributed by atoms with van der Waals surface area (Å²) >= 11 is 6.70. The highest BCUT2D eigenvalue weighted by molar-refractivity contribution is 7.92. The molecule has 0 radical (unpaired) electrons. The van der Waals surface area contributed by atoms with Crippen molar-refractivity contribution in [2.75, 3.05) is 51.5 Å². The van der Waals surface area contributed by atoms with Gasteiger partial charge < -0.3 is 24.6 Å². The molecule has 0 unspecified atom stereocenters. The monoisotopic (exact) mass is 792 g/mol. The van der Waals surface area contributed by atoms with Crippen molar-refractivity contribution in [1.29, 1.82) is 0 Å². The zero-order valence-electron chi connectivity index (χ0n) is 30.3. The Hall–Kier alpha value is -4.67. The minimum atomic E-state index is -4.66. The van der Waals surface area contributed by atoms with Gasteiger partial charge in [-0.05, 0) is 75.2 Å².